The summed E-state index contributed by atoms with van der Waals surface area (Å²) in [5, 5.41) is 15.8. The summed E-state index contributed by atoms with van der Waals surface area (Å²) in [5.74, 6) is -1.29. The lowest BCUT2D eigenvalue weighted by Crippen LogP contribution is -2.45. The van der Waals surface area contributed by atoms with Gasteiger partial charge in [0, 0.05) is 18.6 Å². The van der Waals surface area contributed by atoms with Gasteiger partial charge in [-0.3, -0.25) is 14.9 Å². The minimum absolute atomic E-state index is 0.00581. The first-order chi connectivity index (χ1) is 15.4. The highest BCUT2D eigenvalue weighted by molar-refractivity contribution is 5.96. The van der Waals surface area contributed by atoms with Crippen molar-refractivity contribution in [3.8, 4) is 0 Å². The average molecular weight is 437 g/mol. The molecule has 32 heavy (non-hydrogen) atoms. The maximum Gasteiger partial charge on any atom is 0.408 e. The maximum absolute atomic E-state index is 13.9. The fraction of sp³-hybridized carbons (Fsp3) is 0.130. The second kappa shape index (κ2) is 10.7. The highest BCUT2D eigenvalue weighted by Gasteiger charge is 2.23. The number of amides is 2. The van der Waals surface area contributed by atoms with Gasteiger partial charge in [-0.25, -0.2) is 9.18 Å². The summed E-state index contributed by atoms with van der Waals surface area (Å²) < 4.78 is 19.1. The Balaban J connectivity index is 1.71. The molecule has 164 valence electrons. The molecule has 0 bridgehead atoms. The molecule has 3 rings (SSSR count). The van der Waals surface area contributed by atoms with E-state index >= 15 is 0 Å². The van der Waals surface area contributed by atoms with Crippen molar-refractivity contribution in [2.45, 2.75) is 19.1 Å². The standard InChI is InChI=1S/C23H20FN3O5/c24-19-8-4-5-9-20(19)25-22(28)21(14-16-10-12-18(13-11-16)27(30)31)26-23(29)32-15-17-6-2-1-3-7-17/h1-13,21H,14-15H2,(H,25,28)(H,26,29)/t21-/m0/s1. The smallest absolute Gasteiger partial charge is 0.408 e. The number of nitro groups is 1. The number of rotatable bonds is 8. The lowest BCUT2D eigenvalue weighted by molar-refractivity contribution is -0.384. The largest absolute Gasteiger partial charge is 0.445 e. The highest BCUT2D eigenvalue weighted by Crippen LogP contribution is 2.16. The van der Waals surface area contributed by atoms with Crippen molar-refractivity contribution < 1.29 is 23.6 Å². The molecular formula is C23H20FN3O5. The molecule has 0 heterocycles. The summed E-state index contributed by atoms with van der Waals surface area (Å²) in [6.07, 6.45) is -0.817. The third-order valence-electron chi connectivity index (χ3n) is 4.54. The van der Waals surface area contributed by atoms with Crippen LogP contribution in [0.2, 0.25) is 0 Å². The summed E-state index contributed by atoms with van der Waals surface area (Å²) in [6, 6.07) is 19.1. The lowest BCUT2D eigenvalue weighted by atomic mass is 10.0. The molecule has 0 spiro atoms. The quantitative estimate of drug-likeness (QED) is 0.405. The number of nitrogens with one attached hydrogen (secondary N) is 2. The number of benzene rings is 3. The summed E-state index contributed by atoms with van der Waals surface area (Å²) in [6.45, 7) is 0.00581. The Bertz CT molecular complexity index is 1090. The Kier molecular flexibility index (Phi) is 7.47. The normalized spacial score (nSPS) is 11.3. The van der Waals surface area contributed by atoms with Gasteiger partial charge in [0.25, 0.3) is 5.69 Å². The number of non-ortho nitro benzene ring substituents is 1. The topological polar surface area (TPSA) is 111 Å². The van der Waals surface area contributed by atoms with Crippen LogP contribution in [0.25, 0.3) is 0 Å². The molecule has 0 aliphatic rings. The van der Waals surface area contributed by atoms with Gasteiger partial charge in [-0.1, -0.05) is 54.6 Å². The Labute approximate surface area is 183 Å². The van der Waals surface area contributed by atoms with E-state index in [-0.39, 0.29) is 24.4 Å². The van der Waals surface area contributed by atoms with E-state index in [1.165, 1.54) is 42.5 Å². The molecule has 0 aliphatic carbocycles. The van der Waals surface area contributed by atoms with E-state index < -0.39 is 28.8 Å². The Morgan fingerprint density at radius 2 is 1.59 bits per heavy atom. The molecule has 0 unspecified atom stereocenters. The van der Waals surface area contributed by atoms with Gasteiger partial charge in [0.2, 0.25) is 5.91 Å². The first-order valence-electron chi connectivity index (χ1n) is 9.68. The van der Waals surface area contributed by atoms with Crippen LogP contribution >= 0.6 is 0 Å². The first-order valence-corrected chi connectivity index (χ1v) is 9.68. The van der Waals surface area contributed by atoms with Crippen molar-refractivity contribution in [1.29, 1.82) is 0 Å². The van der Waals surface area contributed by atoms with Crippen molar-refractivity contribution in [3.05, 3.63) is 106 Å². The minimum Gasteiger partial charge on any atom is -0.445 e. The van der Waals surface area contributed by atoms with Crippen molar-refractivity contribution in [2.24, 2.45) is 0 Å². The van der Waals surface area contributed by atoms with Crippen LogP contribution in [0.15, 0.2) is 78.9 Å². The summed E-state index contributed by atoms with van der Waals surface area (Å²) in [4.78, 5) is 35.4. The maximum atomic E-state index is 13.9. The van der Waals surface area contributed by atoms with Crippen LogP contribution in [-0.4, -0.2) is 23.0 Å². The first kappa shape index (κ1) is 22.4. The van der Waals surface area contributed by atoms with Crippen LogP contribution in [0, 0.1) is 15.9 Å². The number of nitrogens with zero attached hydrogens (tertiary/aromatic N) is 1. The van der Waals surface area contributed by atoms with Crippen LogP contribution < -0.4 is 10.6 Å². The molecule has 9 heteroatoms. The van der Waals surface area contributed by atoms with Crippen LogP contribution in [0.5, 0.6) is 0 Å². The van der Waals surface area contributed by atoms with Crippen LogP contribution in [0.4, 0.5) is 20.6 Å². The molecule has 2 amide bonds. The molecule has 0 aliphatic heterocycles. The van der Waals surface area contributed by atoms with Gasteiger partial charge in [-0.05, 0) is 23.3 Å². The molecule has 0 radical (unpaired) electrons. The van der Waals surface area contributed by atoms with Crippen molar-refractivity contribution in [1.82, 2.24) is 5.32 Å². The zero-order valence-corrected chi connectivity index (χ0v) is 16.9. The van der Waals surface area contributed by atoms with Crippen LogP contribution in [0.3, 0.4) is 0 Å². The van der Waals surface area contributed by atoms with Gasteiger partial charge >= 0.3 is 6.09 Å². The molecule has 1 atom stereocenters. The number of hydrogen-bond acceptors (Lipinski definition) is 5. The molecule has 0 saturated heterocycles. The van der Waals surface area contributed by atoms with E-state index in [0.29, 0.717) is 5.56 Å². The zero-order chi connectivity index (χ0) is 22.9. The number of carbonyl (C=O) groups excluding carboxylic acids is 2. The van der Waals surface area contributed by atoms with E-state index in [4.69, 9.17) is 4.74 Å². The summed E-state index contributed by atoms with van der Waals surface area (Å²) in [5.41, 5.74) is 1.19. The van der Waals surface area contributed by atoms with Gasteiger partial charge in [-0.2, -0.15) is 0 Å². The van der Waals surface area contributed by atoms with Gasteiger partial charge in [0.15, 0.2) is 0 Å². The minimum atomic E-state index is -1.11. The molecule has 0 aromatic heterocycles. The van der Waals surface area contributed by atoms with Crippen molar-refractivity contribution >= 4 is 23.4 Å². The molecule has 3 aromatic rings. The van der Waals surface area contributed by atoms with Crippen LogP contribution in [-0.2, 0) is 22.6 Å². The molecule has 0 saturated carbocycles. The van der Waals surface area contributed by atoms with Gasteiger partial charge in [-0.15, -0.1) is 0 Å². The number of ether oxygens (including phenoxy) is 1. The predicted molar refractivity (Wildman–Crippen MR) is 115 cm³/mol. The van der Waals surface area contributed by atoms with E-state index in [0.717, 1.165) is 5.56 Å². The van der Waals surface area contributed by atoms with Crippen LogP contribution in [0.1, 0.15) is 11.1 Å². The van der Waals surface area contributed by atoms with Gasteiger partial charge < -0.3 is 15.4 Å². The summed E-state index contributed by atoms with van der Waals surface area (Å²) >= 11 is 0. The number of anilines is 1. The lowest BCUT2D eigenvalue weighted by Gasteiger charge is -2.19. The Morgan fingerprint density at radius 3 is 2.25 bits per heavy atom. The average Bonchev–Trinajstić information content (AvgIpc) is 2.80. The number of nitro benzene ring substituents is 1. The zero-order valence-electron chi connectivity index (χ0n) is 16.9. The van der Waals surface area contributed by atoms with Crippen molar-refractivity contribution in [3.63, 3.8) is 0 Å². The summed E-state index contributed by atoms with van der Waals surface area (Å²) in [7, 11) is 0. The van der Waals surface area contributed by atoms with E-state index in [1.807, 2.05) is 6.07 Å². The Morgan fingerprint density at radius 1 is 0.938 bits per heavy atom. The second-order valence-corrected chi connectivity index (χ2v) is 6.86. The number of carbonyl (C=O) groups is 2. The fourth-order valence-corrected chi connectivity index (χ4v) is 2.89. The van der Waals surface area contributed by atoms with Gasteiger partial charge in [0.1, 0.15) is 18.5 Å². The third-order valence-corrected chi connectivity index (χ3v) is 4.54. The number of hydrogen-bond donors (Lipinski definition) is 2. The van der Waals surface area contributed by atoms with E-state index in [2.05, 4.69) is 10.6 Å². The van der Waals surface area contributed by atoms with Crippen molar-refractivity contribution in [2.75, 3.05) is 5.32 Å². The SMILES string of the molecule is O=C(N[C@@H](Cc1ccc([N+](=O)[O-])cc1)C(=O)Nc1ccccc1F)OCc1ccccc1. The third kappa shape index (κ3) is 6.36. The van der Waals surface area contributed by atoms with Gasteiger partial charge in [0.05, 0.1) is 10.6 Å². The predicted octanol–water partition coefficient (Wildman–Crippen LogP) is 4.21. The Hall–Kier alpha value is -4.27. The molecule has 3 aromatic carbocycles. The van der Waals surface area contributed by atoms with E-state index in [9.17, 15) is 24.1 Å². The molecule has 2 N–H and O–H groups in total. The monoisotopic (exact) mass is 437 g/mol. The molecule has 0 fully saturated rings. The number of alkyl carbamates (subject to hydrolysis) is 1. The number of halogens is 1. The molecular weight excluding hydrogens is 417 g/mol. The second-order valence-electron chi connectivity index (χ2n) is 6.86. The van der Waals surface area contributed by atoms with E-state index in [1.54, 1.807) is 30.3 Å². The fourth-order valence-electron chi connectivity index (χ4n) is 2.89. The molecule has 8 nitrogen and oxygen atoms in total. The number of para-hydroxylation sites is 1. The highest BCUT2D eigenvalue weighted by atomic mass is 19.1.